The normalized spacial score (nSPS) is 11.6. The van der Waals surface area contributed by atoms with Gasteiger partial charge in [-0.15, -0.1) is 0 Å². The highest BCUT2D eigenvalue weighted by Crippen LogP contribution is 2.06. The number of pyridine rings is 1. The Morgan fingerprint density at radius 2 is 2.45 bits per heavy atom. The minimum Gasteiger partial charge on any atom is -0.410 e. The van der Waals surface area contributed by atoms with Gasteiger partial charge in [-0.25, -0.2) is 4.39 Å². The Morgan fingerprint density at radius 1 is 1.73 bits per heavy atom. The van der Waals surface area contributed by atoms with Crippen molar-refractivity contribution < 1.29 is 9.60 Å². The minimum absolute atomic E-state index is 0.156. The third-order valence-electron chi connectivity index (χ3n) is 1.04. The van der Waals surface area contributed by atoms with Gasteiger partial charge in [0.15, 0.2) is 11.0 Å². The fourth-order valence-corrected chi connectivity index (χ4v) is 0.724. The molecule has 1 N–H and O–H groups in total. The highest BCUT2D eigenvalue weighted by atomic mass is 35.5. The average molecular weight is 175 g/mol. The van der Waals surface area contributed by atoms with Gasteiger partial charge in [-0.3, -0.25) is 4.98 Å². The fraction of sp³-hybridized carbons (Fsp3) is 0. The van der Waals surface area contributed by atoms with Gasteiger partial charge in [0.05, 0.1) is 0 Å². The molecule has 0 fully saturated rings. The maximum atomic E-state index is 12.7. The number of nitrogens with zero attached hydrogens (tertiary/aromatic N) is 2. The van der Waals surface area contributed by atoms with E-state index in [9.17, 15) is 4.39 Å². The first kappa shape index (κ1) is 7.94. The van der Waals surface area contributed by atoms with Gasteiger partial charge in [0.2, 0.25) is 0 Å². The number of aromatic nitrogens is 1. The summed E-state index contributed by atoms with van der Waals surface area (Å²) in [4.78, 5) is 3.55. The molecular formula is C6H4ClFN2O. The summed E-state index contributed by atoms with van der Waals surface area (Å²) in [7, 11) is 0. The number of oxime groups is 1. The van der Waals surface area contributed by atoms with E-state index in [4.69, 9.17) is 16.8 Å². The second-order valence-electron chi connectivity index (χ2n) is 1.72. The van der Waals surface area contributed by atoms with Crippen molar-refractivity contribution in [3.05, 3.63) is 29.8 Å². The van der Waals surface area contributed by atoms with Crippen molar-refractivity contribution in [3.63, 3.8) is 0 Å². The van der Waals surface area contributed by atoms with E-state index in [0.29, 0.717) is 0 Å². The van der Waals surface area contributed by atoms with Gasteiger partial charge < -0.3 is 5.21 Å². The van der Waals surface area contributed by atoms with E-state index < -0.39 is 5.82 Å². The topological polar surface area (TPSA) is 45.5 Å². The van der Waals surface area contributed by atoms with Crippen molar-refractivity contribution in [2.24, 2.45) is 5.16 Å². The standard InChI is InChI=1S/C6H4ClFN2O/c7-6(10-11)5-4(8)2-1-3-9-5/h1-3,11H/b10-6-. The molecular weight excluding hydrogens is 171 g/mol. The third kappa shape index (κ3) is 1.65. The molecule has 5 heteroatoms. The molecule has 0 saturated carbocycles. The summed E-state index contributed by atoms with van der Waals surface area (Å²) in [6.07, 6.45) is 1.35. The Labute approximate surface area is 67.1 Å². The van der Waals surface area contributed by atoms with Gasteiger partial charge in [0.25, 0.3) is 0 Å². The zero-order chi connectivity index (χ0) is 8.27. The first-order valence-corrected chi connectivity index (χ1v) is 3.12. The van der Waals surface area contributed by atoms with E-state index in [0.717, 1.165) is 0 Å². The number of hydrogen-bond acceptors (Lipinski definition) is 3. The van der Waals surface area contributed by atoms with Crippen molar-refractivity contribution in [3.8, 4) is 0 Å². The van der Waals surface area contributed by atoms with Crippen LogP contribution in [0.3, 0.4) is 0 Å². The van der Waals surface area contributed by atoms with Gasteiger partial charge in [-0.1, -0.05) is 16.8 Å². The van der Waals surface area contributed by atoms with Crippen LogP contribution >= 0.6 is 11.6 Å². The molecule has 0 spiro atoms. The Balaban J connectivity index is 3.14. The maximum Gasteiger partial charge on any atom is 0.196 e. The van der Waals surface area contributed by atoms with Crippen molar-refractivity contribution in [1.29, 1.82) is 0 Å². The van der Waals surface area contributed by atoms with Gasteiger partial charge in [0.1, 0.15) is 5.69 Å². The highest BCUT2D eigenvalue weighted by Gasteiger charge is 2.07. The van der Waals surface area contributed by atoms with Gasteiger partial charge in [-0.2, -0.15) is 0 Å². The number of halogens is 2. The predicted molar refractivity (Wildman–Crippen MR) is 38.4 cm³/mol. The highest BCUT2D eigenvalue weighted by molar-refractivity contribution is 6.69. The van der Waals surface area contributed by atoms with Crippen LogP contribution in [-0.2, 0) is 0 Å². The average Bonchev–Trinajstić information content (AvgIpc) is 2.04. The Bertz CT molecular complexity index is 290. The number of rotatable bonds is 1. The molecule has 0 unspecified atom stereocenters. The summed E-state index contributed by atoms with van der Waals surface area (Å²) in [5.41, 5.74) is -0.156. The number of hydrogen-bond donors (Lipinski definition) is 1. The Kier molecular flexibility index (Phi) is 2.38. The van der Waals surface area contributed by atoms with E-state index in [1.54, 1.807) is 0 Å². The summed E-state index contributed by atoms with van der Waals surface area (Å²) in [5.74, 6) is -0.615. The molecule has 58 valence electrons. The van der Waals surface area contributed by atoms with Crippen LogP contribution in [0.5, 0.6) is 0 Å². The molecule has 0 bridgehead atoms. The summed E-state index contributed by atoms with van der Waals surface area (Å²) >= 11 is 5.29. The largest absolute Gasteiger partial charge is 0.410 e. The molecule has 0 atom stereocenters. The molecule has 11 heavy (non-hydrogen) atoms. The summed E-state index contributed by atoms with van der Waals surface area (Å²) in [6.45, 7) is 0. The molecule has 0 aliphatic carbocycles. The van der Waals surface area contributed by atoms with Crippen LogP contribution < -0.4 is 0 Å². The minimum atomic E-state index is -0.615. The first-order valence-electron chi connectivity index (χ1n) is 2.74. The van der Waals surface area contributed by atoms with Crippen LogP contribution in [-0.4, -0.2) is 15.4 Å². The lowest BCUT2D eigenvalue weighted by Gasteiger charge is -1.94. The van der Waals surface area contributed by atoms with Crippen molar-refractivity contribution in [2.75, 3.05) is 0 Å². The van der Waals surface area contributed by atoms with Crippen LogP contribution in [0.1, 0.15) is 5.69 Å². The van der Waals surface area contributed by atoms with Gasteiger partial charge >= 0.3 is 0 Å². The van der Waals surface area contributed by atoms with E-state index in [1.165, 1.54) is 18.3 Å². The zero-order valence-electron chi connectivity index (χ0n) is 5.33. The second-order valence-corrected chi connectivity index (χ2v) is 2.08. The second kappa shape index (κ2) is 3.30. The van der Waals surface area contributed by atoms with E-state index in [-0.39, 0.29) is 10.9 Å². The zero-order valence-corrected chi connectivity index (χ0v) is 6.09. The van der Waals surface area contributed by atoms with E-state index in [2.05, 4.69) is 10.1 Å². The van der Waals surface area contributed by atoms with Crippen LogP contribution in [0.15, 0.2) is 23.5 Å². The molecule has 0 radical (unpaired) electrons. The van der Waals surface area contributed by atoms with Gasteiger partial charge in [-0.05, 0) is 12.1 Å². The lowest BCUT2D eigenvalue weighted by molar-refractivity contribution is 0.320. The lowest BCUT2D eigenvalue weighted by atomic mass is 10.3. The predicted octanol–water partition coefficient (Wildman–Crippen LogP) is 1.60. The summed E-state index contributed by atoms with van der Waals surface area (Å²) in [5, 5.41) is 10.4. The Hall–Kier alpha value is -1.16. The van der Waals surface area contributed by atoms with Gasteiger partial charge in [0, 0.05) is 6.20 Å². The van der Waals surface area contributed by atoms with E-state index in [1.807, 2.05) is 0 Å². The molecule has 0 aromatic carbocycles. The first-order chi connectivity index (χ1) is 5.25. The van der Waals surface area contributed by atoms with Crippen LogP contribution in [0.4, 0.5) is 4.39 Å². The lowest BCUT2D eigenvalue weighted by Crippen LogP contribution is -1.98. The molecule has 0 aliphatic rings. The summed E-state index contributed by atoms with van der Waals surface area (Å²) in [6, 6.07) is 2.59. The van der Waals surface area contributed by atoms with Crippen molar-refractivity contribution in [2.45, 2.75) is 0 Å². The molecule has 1 rings (SSSR count). The molecule has 0 amide bonds. The fourth-order valence-electron chi connectivity index (χ4n) is 0.585. The quantitative estimate of drug-likeness (QED) is 0.399. The smallest absolute Gasteiger partial charge is 0.196 e. The summed E-state index contributed by atoms with van der Waals surface area (Å²) < 4.78 is 12.7. The van der Waals surface area contributed by atoms with Crippen molar-refractivity contribution in [1.82, 2.24) is 4.98 Å². The van der Waals surface area contributed by atoms with Crippen LogP contribution in [0.2, 0.25) is 0 Å². The van der Waals surface area contributed by atoms with E-state index >= 15 is 0 Å². The molecule has 1 aromatic rings. The third-order valence-corrected chi connectivity index (χ3v) is 1.30. The molecule has 0 saturated heterocycles. The molecule has 1 heterocycles. The Morgan fingerprint density at radius 3 is 3.00 bits per heavy atom. The van der Waals surface area contributed by atoms with Crippen molar-refractivity contribution >= 4 is 16.8 Å². The molecule has 0 aliphatic heterocycles. The SMILES string of the molecule is O/N=C(\Cl)c1ncccc1F. The monoisotopic (exact) mass is 174 g/mol. The maximum absolute atomic E-state index is 12.7. The van der Waals surface area contributed by atoms with Crippen LogP contribution in [0.25, 0.3) is 0 Å². The van der Waals surface area contributed by atoms with Crippen LogP contribution in [0, 0.1) is 5.82 Å². The molecule has 1 aromatic heterocycles. The molecule has 3 nitrogen and oxygen atoms in total.